The fourth-order valence-corrected chi connectivity index (χ4v) is 3.30. The van der Waals surface area contributed by atoms with Crippen molar-refractivity contribution in [3.63, 3.8) is 0 Å². The number of nitrogens with zero attached hydrogens (tertiary/aromatic N) is 1. The Kier molecular flexibility index (Phi) is 5.86. The van der Waals surface area contributed by atoms with Gasteiger partial charge in [-0.2, -0.15) is 0 Å². The number of hydrogen-bond acceptors (Lipinski definition) is 3. The zero-order valence-corrected chi connectivity index (χ0v) is 17.0. The summed E-state index contributed by atoms with van der Waals surface area (Å²) in [4.78, 5) is 13.1. The molecule has 6 heteroatoms. The van der Waals surface area contributed by atoms with Crippen LogP contribution < -0.4 is 25.6 Å². The zero-order chi connectivity index (χ0) is 19.4. The Labute approximate surface area is 165 Å². The molecule has 0 aliphatic carbocycles. The fraction of sp³-hybridized carbons (Fsp3) is 0.190. The molecular weight excluding hydrogens is 408 g/mol. The quantitative estimate of drug-likeness (QED) is 0.679. The highest BCUT2D eigenvalue weighted by atomic mass is 79.9. The molecule has 27 heavy (non-hydrogen) atoms. The smallest absolute Gasteiger partial charge is 0.279 e. The van der Waals surface area contributed by atoms with Gasteiger partial charge >= 0.3 is 0 Å². The van der Waals surface area contributed by atoms with E-state index in [0.29, 0.717) is 16.7 Å². The Morgan fingerprint density at radius 2 is 1.78 bits per heavy atom. The Balaban J connectivity index is 2.27. The number of benzene rings is 2. The molecule has 0 spiro atoms. The maximum absolute atomic E-state index is 13.1. The SMILES string of the molecule is CCC=c1[nH]n(-c2ccccc2)c(=O)c1=Cc1cc(OC)c(OC)cc1Br. The summed E-state index contributed by atoms with van der Waals surface area (Å²) >= 11 is 3.55. The Hall–Kier alpha value is -2.73. The number of para-hydroxylation sites is 1. The average Bonchev–Trinajstić information content (AvgIpc) is 2.99. The van der Waals surface area contributed by atoms with Crippen LogP contribution in [-0.4, -0.2) is 24.0 Å². The van der Waals surface area contributed by atoms with E-state index in [0.717, 1.165) is 27.5 Å². The summed E-state index contributed by atoms with van der Waals surface area (Å²) in [5.41, 5.74) is 1.51. The van der Waals surface area contributed by atoms with Crippen LogP contribution >= 0.6 is 15.9 Å². The number of rotatable bonds is 5. The van der Waals surface area contributed by atoms with Crippen molar-refractivity contribution in [3.8, 4) is 17.2 Å². The van der Waals surface area contributed by atoms with Gasteiger partial charge in [-0.25, -0.2) is 4.68 Å². The van der Waals surface area contributed by atoms with Crippen LogP contribution in [0.3, 0.4) is 0 Å². The fourth-order valence-electron chi connectivity index (χ4n) is 2.86. The molecule has 2 aromatic carbocycles. The molecular formula is C21H21BrN2O3. The predicted octanol–water partition coefficient (Wildman–Crippen LogP) is 2.96. The molecule has 1 aromatic heterocycles. The lowest BCUT2D eigenvalue weighted by atomic mass is 10.1. The van der Waals surface area contributed by atoms with Crippen molar-refractivity contribution in [2.24, 2.45) is 0 Å². The van der Waals surface area contributed by atoms with E-state index in [2.05, 4.69) is 21.0 Å². The third kappa shape index (κ3) is 3.85. The number of ether oxygens (including phenoxy) is 2. The lowest BCUT2D eigenvalue weighted by molar-refractivity contribution is 0.354. The first-order valence-corrected chi connectivity index (χ1v) is 9.38. The van der Waals surface area contributed by atoms with Crippen LogP contribution in [0, 0.1) is 0 Å². The third-order valence-electron chi connectivity index (χ3n) is 4.18. The first-order valence-electron chi connectivity index (χ1n) is 8.59. The van der Waals surface area contributed by atoms with Gasteiger partial charge in [-0.15, -0.1) is 0 Å². The Morgan fingerprint density at radius 1 is 1.11 bits per heavy atom. The Morgan fingerprint density at radius 3 is 2.41 bits per heavy atom. The summed E-state index contributed by atoms with van der Waals surface area (Å²) < 4.78 is 13.1. The van der Waals surface area contributed by atoms with Gasteiger partial charge < -0.3 is 9.47 Å². The van der Waals surface area contributed by atoms with E-state index in [9.17, 15) is 4.79 Å². The van der Waals surface area contributed by atoms with E-state index in [4.69, 9.17) is 9.47 Å². The van der Waals surface area contributed by atoms with Gasteiger partial charge in [0.25, 0.3) is 5.56 Å². The second-order valence-corrected chi connectivity index (χ2v) is 6.76. The lowest BCUT2D eigenvalue weighted by Gasteiger charge is -2.09. The molecule has 0 aliphatic rings. The van der Waals surface area contributed by atoms with Gasteiger partial charge in [0.05, 0.1) is 30.5 Å². The number of H-pyrrole nitrogens is 1. The van der Waals surface area contributed by atoms with E-state index < -0.39 is 0 Å². The van der Waals surface area contributed by atoms with Crippen molar-refractivity contribution >= 4 is 28.1 Å². The molecule has 0 amide bonds. The Bertz CT molecular complexity index is 1110. The van der Waals surface area contributed by atoms with E-state index in [1.54, 1.807) is 18.9 Å². The van der Waals surface area contributed by atoms with Crippen LogP contribution in [0.2, 0.25) is 0 Å². The van der Waals surface area contributed by atoms with Gasteiger partial charge in [-0.3, -0.25) is 9.89 Å². The minimum atomic E-state index is -0.109. The number of aromatic nitrogens is 2. The molecule has 0 saturated heterocycles. The molecule has 0 unspecified atom stereocenters. The molecule has 3 aromatic rings. The van der Waals surface area contributed by atoms with Crippen LogP contribution in [0.5, 0.6) is 11.5 Å². The van der Waals surface area contributed by atoms with Gasteiger partial charge in [0, 0.05) is 4.47 Å². The van der Waals surface area contributed by atoms with Crippen molar-refractivity contribution in [3.05, 3.63) is 73.4 Å². The zero-order valence-electron chi connectivity index (χ0n) is 15.5. The van der Waals surface area contributed by atoms with E-state index in [1.807, 2.05) is 61.5 Å². The number of halogens is 1. The summed E-state index contributed by atoms with van der Waals surface area (Å²) in [7, 11) is 3.18. The molecule has 0 fully saturated rings. The number of hydrogen-bond donors (Lipinski definition) is 1. The predicted molar refractivity (Wildman–Crippen MR) is 111 cm³/mol. The van der Waals surface area contributed by atoms with Crippen molar-refractivity contribution in [2.45, 2.75) is 13.3 Å². The summed E-state index contributed by atoms with van der Waals surface area (Å²) in [6.07, 6.45) is 4.66. The van der Waals surface area contributed by atoms with E-state index >= 15 is 0 Å². The van der Waals surface area contributed by atoms with E-state index in [-0.39, 0.29) is 5.56 Å². The van der Waals surface area contributed by atoms with Crippen LogP contribution in [0.1, 0.15) is 18.9 Å². The maximum Gasteiger partial charge on any atom is 0.279 e. The first kappa shape index (κ1) is 19.0. The van der Waals surface area contributed by atoms with Crippen molar-refractivity contribution in [1.82, 2.24) is 9.78 Å². The largest absolute Gasteiger partial charge is 0.493 e. The highest BCUT2D eigenvalue weighted by molar-refractivity contribution is 9.10. The number of methoxy groups -OCH3 is 2. The monoisotopic (exact) mass is 428 g/mol. The van der Waals surface area contributed by atoms with Crippen molar-refractivity contribution < 1.29 is 9.47 Å². The summed E-state index contributed by atoms with van der Waals surface area (Å²) in [6, 6.07) is 13.2. The van der Waals surface area contributed by atoms with Gasteiger partial charge in [0.2, 0.25) is 0 Å². The topological polar surface area (TPSA) is 56.2 Å². The molecule has 140 valence electrons. The standard InChI is InChI=1S/C21H21BrN2O3/c1-4-8-18-16(21(25)24(23-18)15-9-6-5-7-10-15)11-14-12-19(26-2)20(27-3)13-17(14)22/h5-13,23H,4H2,1-3H3. The average molecular weight is 429 g/mol. The molecule has 0 atom stereocenters. The molecule has 0 aliphatic heterocycles. The summed E-state index contributed by atoms with van der Waals surface area (Å²) in [5, 5.41) is 4.58. The minimum absolute atomic E-state index is 0.109. The van der Waals surface area contributed by atoms with Crippen molar-refractivity contribution in [2.75, 3.05) is 14.2 Å². The molecule has 0 radical (unpaired) electrons. The second-order valence-electron chi connectivity index (χ2n) is 5.90. The van der Waals surface area contributed by atoms with Crippen LogP contribution in [0.4, 0.5) is 0 Å². The summed E-state index contributed by atoms with van der Waals surface area (Å²) in [6.45, 7) is 2.04. The number of aromatic amines is 1. The van der Waals surface area contributed by atoms with Crippen LogP contribution in [0.15, 0.2) is 51.7 Å². The number of nitrogens with one attached hydrogen (secondary N) is 1. The molecule has 1 N–H and O–H groups in total. The van der Waals surface area contributed by atoms with Gasteiger partial charge in [0.15, 0.2) is 11.5 Å². The lowest BCUT2D eigenvalue weighted by Crippen LogP contribution is -2.34. The molecule has 1 heterocycles. The van der Waals surface area contributed by atoms with E-state index in [1.165, 1.54) is 0 Å². The molecule has 0 saturated carbocycles. The molecule has 3 rings (SSSR count). The van der Waals surface area contributed by atoms with Crippen LogP contribution in [0.25, 0.3) is 17.8 Å². The minimum Gasteiger partial charge on any atom is -0.493 e. The normalized spacial score (nSPS) is 12.4. The van der Waals surface area contributed by atoms with Gasteiger partial charge in [0.1, 0.15) is 0 Å². The first-order chi connectivity index (χ1) is 13.1. The van der Waals surface area contributed by atoms with Gasteiger partial charge in [-0.1, -0.05) is 47.1 Å². The summed E-state index contributed by atoms with van der Waals surface area (Å²) in [5.74, 6) is 1.23. The molecule has 5 nitrogen and oxygen atoms in total. The molecule has 0 bridgehead atoms. The highest BCUT2D eigenvalue weighted by Crippen LogP contribution is 2.33. The maximum atomic E-state index is 13.1. The van der Waals surface area contributed by atoms with Crippen molar-refractivity contribution in [1.29, 1.82) is 0 Å². The second kappa shape index (κ2) is 8.31. The highest BCUT2D eigenvalue weighted by Gasteiger charge is 2.10. The van der Waals surface area contributed by atoms with Crippen LogP contribution in [-0.2, 0) is 0 Å². The van der Waals surface area contributed by atoms with Gasteiger partial charge in [-0.05, 0) is 42.3 Å². The third-order valence-corrected chi connectivity index (χ3v) is 4.87.